The number of fused-ring (bicyclic) bond motifs is 2. The zero-order valence-electron chi connectivity index (χ0n) is 11.4. The standard InChI is InChI=1S/C15H20O3/c1-13(2)6-5-9-14(3)8(13)7-10-15(4,18-10)11(14)12(16)17-9/h7,9-11H,5-6H2,1-4H3/t9-,10-,11-,14+,15-/m0/s1. The number of ether oxygens (including phenoxy) is 2. The molecule has 4 aliphatic rings. The second kappa shape index (κ2) is 2.69. The average molecular weight is 248 g/mol. The Morgan fingerprint density at radius 3 is 2.72 bits per heavy atom. The third-order valence-corrected chi connectivity index (χ3v) is 5.88. The van der Waals surface area contributed by atoms with E-state index in [1.54, 1.807) is 0 Å². The van der Waals surface area contributed by atoms with Gasteiger partial charge in [0.05, 0.1) is 0 Å². The summed E-state index contributed by atoms with van der Waals surface area (Å²) in [5, 5.41) is 0. The van der Waals surface area contributed by atoms with Gasteiger partial charge >= 0.3 is 5.97 Å². The van der Waals surface area contributed by atoms with Gasteiger partial charge in [0.2, 0.25) is 0 Å². The Balaban J connectivity index is 1.95. The van der Waals surface area contributed by atoms with Crippen LogP contribution in [0.25, 0.3) is 0 Å². The lowest BCUT2D eigenvalue weighted by molar-refractivity contribution is -0.145. The van der Waals surface area contributed by atoms with Crippen molar-refractivity contribution < 1.29 is 14.3 Å². The molecule has 0 N–H and O–H groups in total. The summed E-state index contributed by atoms with van der Waals surface area (Å²) in [7, 11) is 0. The summed E-state index contributed by atoms with van der Waals surface area (Å²) in [5.74, 6) is -0.157. The van der Waals surface area contributed by atoms with Crippen molar-refractivity contribution >= 4 is 5.97 Å². The molecule has 98 valence electrons. The summed E-state index contributed by atoms with van der Waals surface area (Å²) in [6.45, 7) is 8.84. The van der Waals surface area contributed by atoms with E-state index in [0.29, 0.717) is 0 Å². The van der Waals surface area contributed by atoms with Gasteiger partial charge in [-0.3, -0.25) is 4.79 Å². The van der Waals surface area contributed by atoms with E-state index in [1.807, 2.05) is 0 Å². The van der Waals surface area contributed by atoms with Gasteiger partial charge in [-0.2, -0.15) is 0 Å². The predicted octanol–water partition coefficient (Wildman–Crippen LogP) is 2.45. The number of carbonyl (C=O) groups excluding carboxylic acids is 1. The van der Waals surface area contributed by atoms with E-state index in [2.05, 4.69) is 33.8 Å². The largest absolute Gasteiger partial charge is 0.461 e. The highest BCUT2D eigenvalue weighted by Gasteiger charge is 2.75. The lowest BCUT2D eigenvalue weighted by Crippen LogP contribution is -2.51. The summed E-state index contributed by atoms with van der Waals surface area (Å²) < 4.78 is 11.5. The molecule has 0 bridgehead atoms. The fraction of sp³-hybridized carbons (Fsp3) is 0.800. The SMILES string of the molecule is CC1(C)CC[C@@H]2OC(=O)[C@@H]3[C@@]4(C)O[C@H]4C=C1[C@]23C. The molecule has 4 rings (SSSR count). The smallest absolute Gasteiger partial charge is 0.313 e. The van der Waals surface area contributed by atoms with E-state index in [9.17, 15) is 4.79 Å². The Kier molecular flexibility index (Phi) is 1.65. The molecule has 3 heteroatoms. The van der Waals surface area contributed by atoms with Crippen LogP contribution >= 0.6 is 0 Å². The van der Waals surface area contributed by atoms with Crippen molar-refractivity contribution in [3.8, 4) is 0 Å². The van der Waals surface area contributed by atoms with E-state index in [0.717, 1.165) is 12.8 Å². The summed E-state index contributed by atoms with van der Waals surface area (Å²) in [4.78, 5) is 12.3. The second-order valence-corrected chi connectivity index (χ2v) is 7.37. The normalized spacial score (nSPS) is 55.2. The highest BCUT2D eigenvalue weighted by atomic mass is 16.6. The third-order valence-electron chi connectivity index (χ3n) is 5.88. The van der Waals surface area contributed by atoms with Gasteiger partial charge in [-0.1, -0.05) is 32.4 Å². The molecule has 2 saturated heterocycles. The highest BCUT2D eigenvalue weighted by Crippen LogP contribution is 2.68. The maximum atomic E-state index is 12.3. The molecule has 0 aromatic rings. The number of rotatable bonds is 0. The first-order chi connectivity index (χ1) is 8.30. The monoisotopic (exact) mass is 248 g/mol. The van der Waals surface area contributed by atoms with Gasteiger partial charge in [0, 0.05) is 5.41 Å². The van der Waals surface area contributed by atoms with E-state index in [4.69, 9.17) is 9.47 Å². The van der Waals surface area contributed by atoms with Crippen LogP contribution in [0, 0.1) is 16.7 Å². The summed E-state index contributed by atoms with van der Waals surface area (Å²) in [5.41, 5.74) is 1.09. The molecular weight excluding hydrogens is 228 g/mol. The van der Waals surface area contributed by atoms with E-state index >= 15 is 0 Å². The molecule has 2 aliphatic heterocycles. The maximum absolute atomic E-state index is 12.3. The molecule has 18 heavy (non-hydrogen) atoms. The molecule has 5 atom stereocenters. The Morgan fingerprint density at radius 2 is 2.00 bits per heavy atom. The van der Waals surface area contributed by atoms with Crippen molar-refractivity contribution in [1.29, 1.82) is 0 Å². The predicted molar refractivity (Wildman–Crippen MR) is 65.9 cm³/mol. The minimum Gasteiger partial charge on any atom is -0.461 e. The molecule has 3 nitrogen and oxygen atoms in total. The molecule has 0 unspecified atom stereocenters. The van der Waals surface area contributed by atoms with Crippen LogP contribution in [0.1, 0.15) is 40.5 Å². The molecule has 1 saturated carbocycles. The molecule has 2 heterocycles. The fourth-order valence-electron chi connectivity index (χ4n) is 4.86. The lowest BCUT2D eigenvalue weighted by Gasteiger charge is -2.50. The first kappa shape index (κ1) is 11.0. The summed E-state index contributed by atoms with van der Waals surface area (Å²) in [6.07, 6.45) is 4.52. The minimum absolute atomic E-state index is 0.0456. The lowest BCUT2D eigenvalue weighted by atomic mass is 9.51. The van der Waals surface area contributed by atoms with Crippen LogP contribution < -0.4 is 0 Å². The molecule has 0 amide bonds. The number of hydrogen-bond acceptors (Lipinski definition) is 3. The fourth-order valence-corrected chi connectivity index (χ4v) is 4.86. The third kappa shape index (κ3) is 0.965. The maximum Gasteiger partial charge on any atom is 0.313 e. The first-order valence-corrected chi connectivity index (χ1v) is 6.91. The van der Waals surface area contributed by atoms with Crippen LogP contribution in [0.5, 0.6) is 0 Å². The first-order valence-electron chi connectivity index (χ1n) is 6.91. The van der Waals surface area contributed by atoms with Crippen molar-refractivity contribution in [2.45, 2.75) is 58.3 Å². The molecular formula is C15H20O3. The van der Waals surface area contributed by atoms with E-state index < -0.39 is 0 Å². The van der Waals surface area contributed by atoms with Gasteiger partial charge in [-0.05, 0) is 25.2 Å². The molecule has 0 aromatic heterocycles. The van der Waals surface area contributed by atoms with Gasteiger partial charge in [0.25, 0.3) is 0 Å². The van der Waals surface area contributed by atoms with Crippen molar-refractivity contribution in [2.75, 3.05) is 0 Å². The molecule has 0 spiro atoms. The Bertz CT molecular complexity index is 492. The van der Waals surface area contributed by atoms with Gasteiger partial charge in [0.1, 0.15) is 23.7 Å². The molecule has 3 fully saturated rings. The zero-order valence-corrected chi connectivity index (χ0v) is 11.4. The van der Waals surface area contributed by atoms with Gasteiger partial charge in [-0.25, -0.2) is 0 Å². The Hall–Kier alpha value is -0.830. The van der Waals surface area contributed by atoms with Crippen LogP contribution in [0.15, 0.2) is 11.6 Å². The van der Waals surface area contributed by atoms with E-state index in [-0.39, 0.29) is 40.5 Å². The number of esters is 1. The molecule has 0 aromatic carbocycles. The highest BCUT2D eigenvalue weighted by molar-refractivity contribution is 5.81. The number of hydrogen-bond donors (Lipinski definition) is 0. The Labute approximate surface area is 108 Å². The van der Waals surface area contributed by atoms with Gasteiger partial charge < -0.3 is 9.47 Å². The Morgan fingerprint density at radius 1 is 1.28 bits per heavy atom. The quantitative estimate of drug-likeness (QED) is 0.375. The van der Waals surface area contributed by atoms with Gasteiger partial charge in [0.15, 0.2) is 0 Å². The van der Waals surface area contributed by atoms with Crippen LogP contribution in [0.2, 0.25) is 0 Å². The minimum atomic E-state index is -0.308. The number of epoxide rings is 1. The van der Waals surface area contributed by atoms with Crippen LogP contribution in [-0.4, -0.2) is 23.8 Å². The van der Waals surface area contributed by atoms with Crippen LogP contribution in [-0.2, 0) is 14.3 Å². The van der Waals surface area contributed by atoms with Crippen molar-refractivity contribution in [2.24, 2.45) is 16.7 Å². The van der Waals surface area contributed by atoms with Crippen molar-refractivity contribution in [1.82, 2.24) is 0 Å². The molecule has 0 radical (unpaired) electrons. The summed E-state index contributed by atoms with van der Waals surface area (Å²) >= 11 is 0. The van der Waals surface area contributed by atoms with E-state index in [1.165, 1.54) is 5.57 Å². The second-order valence-electron chi connectivity index (χ2n) is 7.37. The van der Waals surface area contributed by atoms with Crippen molar-refractivity contribution in [3.05, 3.63) is 11.6 Å². The molecule has 2 aliphatic carbocycles. The summed E-state index contributed by atoms with van der Waals surface area (Å²) in [6, 6.07) is 0. The van der Waals surface area contributed by atoms with Crippen LogP contribution in [0.3, 0.4) is 0 Å². The topological polar surface area (TPSA) is 38.8 Å². The van der Waals surface area contributed by atoms with Crippen LogP contribution in [0.4, 0.5) is 0 Å². The zero-order chi connectivity index (χ0) is 12.9. The number of carbonyl (C=O) groups is 1. The average Bonchev–Trinajstić information content (AvgIpc) is 2.82. The van der Waals surface area contributed by atoms with Gasteiger partial charge in [-0.15, -0.1) is 0 Å². The van der Waals surface area contributed by atoms with Crippen molar-refractivity contribution in [3.63, 3.8) is 0 Å².